The van der Waals surface area contributed by atoms with Crippen LogP contribution in [0.15, 0.2) is 12.3 Å². The van der Waals surface area contributed by atoms with E-state index in [0.717, 1.165) is 19.4 Å². The Morgan fingerprint density at radius 1 is 1.56 bits per heavy atom. The summed E-state index contributed by atoms with van der Waals surface area (Å²) in [6.07, 6.45) is 3.94. The fourth-order valence-electron chi connectivity index (χ4n) is 1.71. The van der Waals surface area contributed by atoms with Crippen LogP contribution in [0, 0.1) is 10.1 Å². The molecule has 0 aliphatic heterocycles. The second-order valence-corrected chi connectivity index (χ2v) is 4.58. The maximum atomic E-state index is 10.9. The molecule has 0 saturated carbocycles. The molecule has 1 atom stereocenters. The van der Waals surface area contributed by atoms with Gasteiger partial charge in [-0.3, -0.25) is 15.1 Å². The van der Waals surface area contributed by atoms with Crippen LogP contribution in [0.2, 0.25) is 5.02 Å². The van der Waals surface area contributed by atoms with Crippen molar-refractivity contribution in [1.29, 1.82) is 0 Å². The Balaban J connectivity index is 2.84. The number of nitro groups is 1. The van der Waals surface area contributed by atoms with Crippen LogP contribution in [0.3, 0.4) is 0 Å². The summed E-state index contributed by atoms with van der Waals surface area (Å²) < 4.78 is 0. The number of nitrogens with one attached hydrogen (secondary N) is 1. The first kappa shape index (κ1) is 14.9. The van der Waals surface area contributed by atoms with E-state index in [9.17, 15) is 10.1 Å². The number of hydrogen-bond acceptors (Lipinski definition) is 4. The molecule has 0 bridgehead atoms. The van der Waals surface area contributed by atoms with Crippen LogP contribution < -0.4 is 5.32 Å². The van der Waals surface area contributed by atoms with Crippen molar-refractivity contribution in [3.05, 3.63) is 33.1 Å². The van der Waals surface area contributed by atoms with Crippen LogP contribution in [-0.4, -0.2) is 22.5 Å². The molecule has 1 heterocycles. The van der Waals surface area contributed by atoms with Crippen LogP contribution in [0.1, 0.15) is 32.4 Å². The summed E-state index contributed by atoms with van der Waals surface area (Å²) in [6, 6.07) is 1.56. The first-order valence-electron chi connectivity index (χ1n) is 6.10. The van der Waals surface area contributed by atoms with Gasteiger partial charge in [-0.15, -0.1) is 0 Å². The lowest BCUT2D eigenvalue weighted by atomic mass is 10.1. The molecule has 0 aromatic carbocycles. The topological polar surface area (TPSA) is 68.1 Å². The lowest BCUT2D eigenvalue weighted by Gasteiger charge is -2.15. The molecule has 1 aromatic rings. The molecule has 1 unspecified atom stereocenters. The third kappa shape index (κ3) is 4.23. The van der Waals surface area contributed by atoms with Crippen LogP contribution in [0.25, 0.3) is 0 Å². The van der Waals surface area contributed by atoms with Crippen LogP contribution in [0.5, 0.6) is 0 Å². The van der Waals surface area contributed by atoms with E-state index >= 15 is 0 Å². The van der Waals surface area contributed by atoms with Gasteiger partial charge in [0.1, 0.15) is 5.69 Å². The number of hydrogen-bond donors (Lipinski definition) is 1. The minimum atomic E-state index is -0.430. The van der Waals surface area contributed by atoms with E-state index in [1.807, 2.05) is 0 Å². The smallest absolute Gasteiger partial charge is 0.292 e. The molecule has 0 amide bonds. The Kier molecular flexibility index (Phi) is 6.01. The van der Waals surface area contributed by atoms with E-state index in [4.69, 9.17) is 11.6 Å². The van der Waals surface area contributed by atoms with Crippen molar-refractivity contribution < 1.29 is 4.92 Å². The van der Waals surface area contributed by atoms with Crippen molar-refractivity contribution in [2.45, 2.75) is 39.2 Å². The van der Waals surface area contributed by atoms with Gasteiger partial charge in [0.05, 0.1) is 9.95 Å². The predicted octanol–water partition coefficient (Wildman–Crippen LogP) is 2.96. The molecule has 6 heteroatoms. The van der Waals surface area contributed by atoms with Crippen molar-refractivity contribution in [2.24, 2.45) is 0 Å². The Hall–Kier alpha value is -1.20. The van der Waals surface area contributed by atoms with E-state index in [1.54, 1.807) is 0 Å². The molecule has 0 saturated heterocycles. The first-order valence-corrected chi connectivity index (χ1v) is 6.48. The summed E-state index contributed by atoms with van der Waals surface area (Å²) in [7, 11) is 0. The summed E-state index contributed by atoms with van der Waals surface area (Å²) in [5, 5.41) is 14.6. The number of nitrogens with zero attached hydrogens (tertiary/aromatic N) is 2. The zero-order valence-corrected chi connectivity index (χ0v) is 11.4. The highest BCUT2D eigenvalue weighted by Gasteiger charge is 2.18. The van der Waals surface area contributed by atoms with E-state index < -0.39 is 4.92 Å². The highest BCUT2D eigenvalue weighted by atomic mass is 35.5. The maximum absolute atomic E-state index is 10.9. The average molecular weight is 272 g/mol. The molecule has 0 radical (unpaired) electrons. The maximum Gasteiger partial charge on any atom is 0.292 e. The van der Waals surface area contributed by atoms with Gasteiger partial charge in [-0.1, -0.05) is 25.4 Å². The highest BCUT2D eigenvalue weighted by molar-refractivity contribution is 6.30. The molecule has 0 spiro atoms. The average Bonchev–Trinajstić information content (AvgIpc) is 2.35. The third-order valence-corrected chi connectivity index (χ3v) is 2.93. The molecular weight excluding hydrogens is 254 g/mol. The number of aromatic nitrogens is 1. The third-order valence-electron chi connectivity index (χ3n) is 2.73. The first-order chi connectivity index (χ1) is 8.58. The van der Waals surface area contributed by atoms with Crippen LogP contribution in [0.4, 0.5) is 5.69 Å². The Morgan fingerprint density at radius 3 is 2.83 bits per heavy atom. The number of rotatable bonds is 7. The van der Waals surface area contributed by atoms with Gasteiger partial charge in [0.15, 0.2) is 0 Å². The van der Waals surface area contributed by atoms with Crippen molar-refractivity contribution in [3.63, 3.8) is 0 Å². The molecule has 18 heavy (non-hydrogen) atoms. The summed E-state index contributed by atoms with van der Waals surface area (Å²) >= 11 is 5.73. The second kappa shape index (κ2) is 7.28. The zero-order chi connectivity index (χ0) is 13.5. The fraction of sp³-hybridized carbons (Fsp3) is 0.583. The zero-order valence-electron chi connectivity index (χ0n) is 10.6. The molecular formula is C12H18ClN3O2. The Morgan fingerprint density at radius 2 is 2.28 bits per heavy atom. The summed E-state index contributed by atoms with van der Waals surface area (Å²) in [5.41, 5.74) is 0.485. The molecule has 1 aromatic heterocycles. The molecule has 1 N–H and O–H groups in total. The lowest BCUT2D eigenvalue weighted by molar-refractivity contribution is -0.386. The lowest BCUT2D eigenvalue weighted by Crippen LogP contribution is -2.31. The minimum absolute atomic E-state index is 0.000696. The summed E-state index contributed by atoms with van der Waals surface area (Å²) in [5.74, 6) is 0. The van der Waals surface area contributed by atoms with Gasteiger partial charge in [0.2, 0.25) is 0 Å². The minimum Gasteiger partial charge on any atom is -0.314 e. The molecule has 100 valence electrons. The number of halogens is 1. The summed E-state index contributed by atoms with van der Waals surface area (Å²) in [6.45, 7) is 5.04. The van der Waals surface area contributed by atoms with Gasteiger partial charge < -0.3 is 5.32 Å². The number of pyridine rings is 1. The van der Waals surface area contributed by atoms with Gasteiger partial charge in [-0.2, -0.15) is 0 Å². The van der Waals surface area contributed by atoms with Crippen molar-refractivity contribution in [3.8, 4) is 0 Å². The molecule has 5 nitrogen and oxygen atoms in total. The van der Waals surface area contributed by atoms with E-state index in [0.29, 0.717) is 17.1 Å². The second-order valence-electron chi connectivity index (χ2n) is 4.14. The highest BCUT2D eigenvalue weighted by Crippen LogP contribution is 2.22. The molecule has 0 aliphatic rings. The van der Waals surface area contributed by atoms with Crippen LogP contribution in [-0.2, 0) is 6.42 Å². The van der Waals surface area contributed by atoms with Gasteiger partial charge in [-0.05, 0) is 19.4 Å². The molecule has 1 rings (SSSR count). The molecule has 0 aliphatic carbocycles. The van der Waals surface area contributed by atoms with Gasteiger partial charge in [0, 0.05) is 24.7 Å². The monoisotopic (exact) mass is 271 g/mol. The van der Waals surface area contributed by atoms with Gasteiger partial charge >= 0.3 is 0 Å². The van der Waals surface area contributed by atoms with E-state index in [1.165, 1.54) is 12.3 Å². The van der Waals surface area contributed by atoms with Crippen LogP contribution >= 0.6 is 11.6 Å². The summed E-state index contributed by atoms with van der Waals surface area (Å²) in [4.78, 5) is 14.6. The van der Waals surface area contributed by atoms with Crippen molar-refractivity contribution in [1.82, 2.24) is 10.3 Å². The Labute approximate surface area is 112 Å². The van der Waals surface area contributed by atoms with E-state index in [2.05, 4.69) is 24.1 Å². The van der Waals surface area contributed by atoms with Gasteiger partial charge in [-0.25, -0.2) is 0 Å². The standard InChI is InChI=1S/C12H18ClN3O2/c1-3-5-14-10(4-2)7-11-12(16(17)18)6-9(13)8-15-11/h6,8,10,14H,3-5,7H2,1-2H3. The molecule has 0 fully saturated rings. The van der Waals surface area contributed by atoms with Gasteiger partial charge in [0.25, 0.3) is 5.69 Å². The predicted molar refractivity (Wildman–Crippen MR) is 72.0 cm³/mol. The quantitative estimate of drug-likeness (QED) is 0.611. The largest absolute Gasteiger partial charge is 0.314 e. The van der Waals surface area contributed by atoms with Crippen molar-refractivity contribution in [2.75, 3.05) is 6.54 Å². The normalized spacial score (nSPS) is 12.4. The van der Waals surface area contributed by atoms with E-state index in [-0.39, 0.29) is 11.7 Å². The fourth-order valence-corrected chi connectivity index (χ4v) is 1.87. The Bertz CT molecular complexity index is 412. The van der Waals surface area contributed by atoms with Crippen molar-refractivity contribution >= 4 is 17.3 Å². The SMILES string of the molecule is CCCNC(CC)Cc1ncc(Cl)cc1[N+](=O)[O-].